The van der Waals surface area contributed by atoms with Crippen molar-refractivity contribution >= 4 is 19.1 Å². The second-order valence-corrected chi connectivity index (χ2v) is 6.95. The van der Waals surface area contributed by atoms with Gasteiger partial charge in [-0.2, -0.15) is 10.1 Å². The van der Waals surface area contributed by atoms with Gasteiger partial charge in [0.25, 0.3) is 5.56 Å². The maximum atomic E-state index is 12.0. The van der Waals surface area contributed by atoms with Gasteiger partial charge in [-0.25, -0.2) is 5.10 Å². The number of hydrogen-bond acceptors (Lipinski definition) is 8. The summed E-state index contributed by atoms with van der Waals surface area (Å²) in [6, 6.07) is 1.63. The highest BCUT2D eigenvalue weighted by Crippen LogP contribution is 2.37. The van der Waals surface area contributed by atoms with E-state index in [4.69, 9.17) is 9.47 Å². The number of methoxy groups -OCH3 is 1. The van der Waals surface area contributed by atoms with Crippen LogP contribution in [0.4, 0.5) is 0 Å². The molecule has 10 heteroatoms. The molecule has 130 valence electrons. The van der Waals surface area contributed by atoms with Gasteiger partial charge in [-0.1, -0.05) is 0 Å². The van der Waals surface area contributed by atoms with Gasteiger partial charge in [0.1, 0.15) is 12.1 Å². The summed E-state index contributed by atoms with van der Waals surface area (Å²) >= 11 is 0. The number of piperidine rings is 1. The molecule has 9 nitrogen and oxygen atoms in total. The van der Waals surface area contributed by atoms with Crippen LogP contribution in [0.1, 0.15) is 12.8 Å². The molecule has 0 unspecified atom stereocenters. The number of hydrogen-bond donors (Lipinski definition) is 3. The number of likely N-dealkylation sites (tertiary alicyclic amines) is 1. The quantitative estimate of drug-likeness (QED) is 0.661. The van der Waals surface area contributed by atoms with Crippen LogP contribution < -0.4 is 15.0 Å². The maximum Gasteiger partial charge on any atom is 0.277 e. The molecule has 0 amide bonds. The fraction of sp³-hybridized carbons (Fsp3) is 0.500. The summed E-state index contributed by atoms with van der Waals surface area (Å²) < 4.78 is 10.9. The zero-order valence-corrected chi connectivity index (χ0v) is 14.1. The van der Waals surface area contributed by atoms with Gasteiger partial charge in [-0.3, -0.25) is 9.69 Å². The lowest BCUT2D eigenvalue weighted by molar-refractivity contribution is 0.103. The molecule has 2 aromatic heterocycles. The standard InChI is InChI=1S/C14H19N4O5P/c1-22-11-6-9-7-15-17-13(19)12(9)14(16-11)23-8-18-4-2-10(3-5-18)24(20)21/h6-7,10,20-21H,2-5,8H2,1H3,(H,17,19). The van der Waals surface area contributed by atoms with Crippen LogP contribution in [0.3, 0.4) is 0 Å². The summed E-state index contributed by atoms with van der Waals surface area (Å²) in [6.45, 7) is 1.66. The molecule has 1 saturated heterocycles. The zero-order chi connectivity index (χ0) is 17.1. The lowest BCUT2D eigenvalue weighted by Crippen LogP contribution is -2.37. The molecule has 3 heterocycles. The average Bonchev–Trinajstić information content (AvgIpc) is 2.59. The van der Waals surface area contributed by atoms with Crippen molar-refractivity contribution in [3.63, 3.8) is 0 Å². The minimum atomic E-state index is -1.87. The van der Waals surface area contributed by atoms with Crippen molar-refractivity contribution in [3.05, 3.63) is 22.6 Å². The summed E-state index contributed by atoms with van der Waals surface area (Å²) in [5.74, 6) is 0.538. The van der Waals surface area contributed by atoms with Crippen molar-refractivity contribution in [2.45, 2.75) is 18.5 Å². The molecule has 3 N–H and O–H groups in total. The number of ether oxygens (including phenoxy) is 2. The number of H-pyrrole nitrogens is 1. The van der Waals surface area contributed by atoms with E-state index < -0.39 is 8.38 Å². The number of fused-ring (bicyclic) bond motifs is 1. The first-order valence-corrected chi connectivity index (χ1v) is 8.84. The van der Waals surface area contributed by atoms with E-state index >= 15 is 0 Å². The number of nitrogens with one attached hydrogen (secondary N) is 1. The van der Waals surface area contributed by atoms with E-state index in [1.807, 2.05) is 4.90 Å². The summed E-state index contributed by atoms with van der Waals surface area (Å²) in [4.78, 5) is 36.8. The van der Waals surface area contributed by atoms with Gasteiger partial charge in [-0.05, 0) is 12.8 Å². The second-order valence-electron chi connectivity index (χ2n) is 5.58. The van der Waals surface area contributed by atoms with E-state index in [0.717, 1.165) is 0 Å². The summed E-state index contributed by atoms with van der Waals surface area (Å²) in [6.07, 6.45) is 2.93. The van der Waals surface area contributed by atoms with Crippen LogP contribution in [0.5, 0.6) is 11.8 Å². The Morgan fingerprint density at radius 2 is 2.17 bits per heavy atom. The molecule has 0 aliphatic carbocycles. The molecule has 3 rings (SSSR count). The van der Waals surface area contributed by atoms with E-state index in [9.17, 15) is 14.6 Å². The molecule has 0 atom stereocenters. The maximum absolute atomic E-state index is 12.0. The lowest BCUT2D eigenvalue weighted by atomic mass is 10.1. The average molecular weight is 354 g/mol. The van der Waals surface area contributed by atoms with Gasteiger partial charge < -0.3 is 19.3 Å². The van der Waals surface area contributed by atoms with Crippen LogP contribution in [-0.4, -0.2) is 62.5 Å². The van der Waals surface area contributed by atoms with Crippen LogP contribution >= 0.6 is 8.38 Å². The fourth-order valence-corrected chi connectivity index (χ4v) is 3.40. The normalized spacial score (nSPS) is 16.7. The van der Waals surface area contributed by atoms with E-state index in [-0.39, 0.29) is 23.8 Å². The highest BCUT2D eigenvalue weighted by atomic mass is 31.2. The molecule has 0 spiro atoms. The molecule has 2 aromatic rings. The summed E-state index contributed by atoms with van der Waals surface area (Å²) in [5.41, 5.74) is -0.413. The van der Waals surface area contributed by atoms with E-state index in [1.165, 1.54) is 13.3 Å². The lowest BCUT2D eigenvalue weighted by Gasteiger charge is -2.31. The number of pyridine rings is 1. The van der Waals surface area contributed by atoms with Gasteiger partial charge in [0.05, 0.1) is 13.3 Å². The highest BCUT2D eigenvalue weighted by molar-refractivity contribution is 7.45. The molecule has 24 heavy (non-hydrogen) atoms. The smallest absolute Gasteiger partial charge is 0.277 e. The van der Waals surface area contributed by atoms with Crippen molar-refractivity contribution in [2.75, 3.05) is 26.9 Å². The van der Waals surface area contributed by atoms with Crippen molar-refractivity contribution < 1.29 is 19.3 Å². The third kappa shape index (κ3) is 3.64. The third-order valence-electron chi connectivity index (χ3n) is 4.07. The number of aromatic amines is 1. The molecule has 1 aliphatic rings. The second kappa shape index (κ2) is 7.40. The summed E-state index contributed by atoms with van der Waals surface area (Å²) in [7, 11) is -0.383. The first-order valence-electron chi connectivity index (χ1n) is 7.53. The minimum absolute atomic E-state index is 0.0408. The van der Waals surface area contributed by atoms with Crippen molar-refractivity contribution in [1.82, 2.24) is 20.1 Å². The predicted molar refractivity (Wildman–Crippen MR) is 88.2 cm³/mol. The van der Waals surface area contributed by atoms with Gasteiger partial charge in [0.15, 0.2) is 8.38 Å². The largest absolute Gasteiger partial charge is 0.481 e. The predicted octanol–water partition coefficient (Wildman–Crippen LogP) is 0.424. The van der Waals surface area contributed by atoms with Crippen molar-refractivity contribution in [1.29, 1.82) is 0 Å². The van der Waals surface area contributed by atoms with E-state index in [1.54, 1.807) is 6.07 Å². The molecule has 0 saturated carbocycles. The summed E-state index contributed by atoms with van der Waals surface area (Å²) in [5, 5.41) is 7.06. The fourth-order valence-electron chi connectivity index (χ4n) is 2.70. The Morgan fingerprint density at radius 3 is 2.83 bits per heavy atom. The Kier molecular flexibility index (Phi) is 5.25. The first-order chi connectivity index (χ1) is 11.6. The zero-order valence-electron chi connectivity index (χ0n) is 13.2. The van der Waals surface area contributed by atoms with Crippen LogP contribution in [0.15, 0.2) is 17.1 Å². The Balaban J connectivity index is 1.75. The third-order valence-corrected chi connectivity index (χ3v) is 5.24. The van der Waals surface area contributed by atoms with Crippen LogP contribution in [0.2, 0.25) is 0 Å². The van der Waals surface area contributed by atoms with Gasteiger partial charge in [0, 0.05) is 30.2 Å². The SMILES string of the molecule is COc1cc2cn[nH]c(=O)c2c(OCN2CCC(P(O)O)CC2)n1. The Hall–Kier alpha value is -1.80. The monoisotopic (exact) mass is 354 g/mol. The first kappa shape index (κ1) is 17.0. The van der Waals surface area contributed by atoms with Gasteiger partial charge >= 0.3 is 0 Å². The molecular formula is C14H19N4O5P. The highest BCUT2D eigenvalue weighted by Gasteiger charge is 2.25. The van der Waals surface area contributed by atoms with Crippen LogP contribution in [0.25, 0.3) is 10.8 Å². The molecule has 0 aromatic carbocycles. The molecule has 1 aliphatic heterocycles. The van der Waals surface area contributed by atoms with Gasteiger partial charge in [0.2, 0.25) is 11.8 Å². The number of nitrogens with zero attached hydrogens (tertiary/aromatic N) is 3. The Morgan fingerprint density at radius 1 is 1.42 bits per heavy atom. The van der Waals surface area contributed by atoms with Crippen LogP contribution in [0, 0.1) is 0 Å². The molecule has 0 radical (unpaired) electrons. The molecular weight excluding hydrogens is 335 g/mol. The minimum Gasteiger partial charge on any atom is -0.481 e. The Labute approximate surface area is 139 Å². The Bertz CT molecular complexity index is 760. The topological polar surface area (TPSA) is 121 Å². The molecule has 0 bridgehead atoms. The van der Waals surface area contributed by atoms with E-state index in [0.29, 0.717) is 42.6 Å². The van der Waals surface area contributed by atoms with Crippen molar-refractivity contribution in [2.24, 2.45) is 0 Å². The number of aromatic nitrogens is 3. The van der Waals surface area contributed by atoms with Crippen molar-refractivity contribution in [3.8, 4) is 11.8 Å². The van der Waals surface area contributed by atoms with E-state index in [2.05, 4.69) is 15.2 Å². The van der Waals surface area contributed by atoms with Crippen LogP contribution in [-0.2, 0) is 0 Å². The van der Waals surface area contributed by atoms with Gasteiger partial charge in [-0.15, -0.1) is 0 Å². The molecule has 1 fully saturated rings. The number of rotatable bonds is 5.